The normalized spacial score (nSPS) is 10.9. The Hall–Kier alpha value is -4.34. The van der Waals surface area contributed by atoms with Crippen molar-refractivity contribution in [3.05, 3.63) is 84.7 Å². The number of aromatic amines is 1. The fraction of sp³-hybridized carbons (Fsp3) is 0.160. The van der Waals surface area contributed by atoms with E-state index in [1.165, 1.54) is 5.39 Å². The van der Waals surface area contributed by atoms with Crippen LogP contribution in [0, 0.1) is 0 Å². The zero-order valence-corrected chi connectivity index (χ0v) is 18.7. The predicted octanol–water partition coefficient (Wildman–Crippen LogP) is 5.54. The van der Waals surface area contributed by atoms with Gasteiger partial charge < -0.3 is 20.3 Å². The summed E-state index contributed by atoms with van der Waals surface area (Å²) in [5.41, 5.74) is 4.07. The van der Waals surface area contributed by atoms with Crippen LogP contribution >= 0.6 is 0 Å². The highest BCUT2D eigenvalue weighted by molar-refractivity contribution is 5.91. The van der Waals surface area contributed by atoms with Crippen molar-refractivity contribution in [2.45, 2.75) is 19.0 Å². The van der Waals surface area contributed by atoms with Crippen LogP contribution in [0.4, 0.5) is 30.4 Å². The molecule has 0 atom stereocenters. The smallest absolute Gasteiger partial charge is 0.475 e. The summed E-state index contributed by atoms with van der Waals surface area (Å²) in [6.45, 7) is 0. The number of amides is 1. The van der Waals surface area contributed by atoms with Crippen LogP contribution in [0.25, 0.3) is 10.9 Å². The molecule has 4 rings (SSSR count). The van der Waals surface area contributed by atoms with E-state index in [0.29, 0.717) is 12.8 Å². The molecule has 0 aliphatic carbocycles. The third-order valence-electron chi connectivity index (χ3n) is 5.07. The van der Waals surface area contributed by atoms with Crippen molar-refractivity contribution in [3.63, 3.8) is 0 Å². The number of carbonyl (C=O) groups excluding carboxylic acids is 1. The summed E-state index contributed by atoms with van der Waals surface area (Å²) in [6.07, 6.45) is -0.178. The highest BCUT2D eigenvalue weighted by atomic mass is 19.4. The molecule has 182 valence electrons. The summed E-state index contributed by atoms with van der Waals surface area (Å²) in [6, 6.07) is 21.7. The van der Waals surface area contributed by atoms with Crippen molar-refractivity contribution in [2.24, 2.45) is 0 Å². The number of fused-ring (bicyclic) bond motifs is 1. The van der Waals surface area contributed by atoms with Gasteiger partial charge in [-0.1, -0.05) is 24.3 Å². The van der Waals surface area contributed by atoms with Crippen molar-refractivity contribution < 1.29 is 27.9 Å². The molecule has 3 N–H and O–H groups in total. The molecule has 0 radical (unpaired) electrons. The van der Waals surface area contributed by atoms with Gasteiger partial charge >= 0.3 is 12.1 Å². The minimum absolute atomic E-state index is 0.0103. The Morgan fingerprint density at radius 3 is 2.31 bits per heavy atom. The summed E-state index contributed by atoms with van der Waals surface area (Å²) in [5, 5.41) is 11.3. The lowest BCUT2D eigenvalue weighted by Gasteiger charge is -2.18. The van der Waals surface area contributed by atoms with Gasteiger partial charge in [0.2, 0.25) is 5.91 Å². The number of H-pyrrole nitrogens is 1. The molecule has 35 heavy (non-hydrogen) atoms. The van der Waals surface area contributed by atoms with E-state index in [2.05, 4.69) is 21.4 Å². The van der Waals surface area contributed by atoms with E-state index in [-0.39, 0.29) is 5.91 Å². The number of benzene rings is 2. The summed E-state index contributed by atoms with van der Waals surface area (Å²) in [5.74, 6) is -1.87. The summed E-state index contributed by atoms with van der Waals surface area (Å²) < 4.78 is 31.7. The molecular formula is C25H23F3N4O3. The third kappa shape index (κ3) is 7.07. The lowest BCUT2D eigenvalue weighted by molar-refractivity contribution is -0.192. The van der Waals surface area contributed by atoms with Crippen molar-refractivity contribution in [1.29, 1.82) is 0 Å². The number of nitrogens with zero attached hydrogens (tertiary/aromatic N) is 2. The van der Waals surface area contributed by atoms with E-state index < -0.39 is 12.1 Å². The van der Waals surface area contributed by atoms with Crippen molar-refractivity contribution >= 4 is 40.0 Å². The first kappa shape index (κ1) is 25.3. The minimum atomic E-state index is -5.08. The monoisotopic (exact) mass is 484 g/mol. The molecule has 2 aromatic carbocycles. The van der Waals surface area contributed by atoms with E-state index >= 15 is 0 Å². The number of aliphatic carboxylic acids is 1. The number of pyridine rings is 1. The van der Waals surface area contributed by atoms with Gasteiger partial charge in [-0.05, 0) is 54.4 Å². The number of para-hydroxylation sites is 1. The van der Waals surface area contributed by atoms with Gasteiger partial charge in [0.1, 0.15) is 5.82 Å². The van der Waals surface area contributed by atoms with Gasteiger partial charge in [-0.2, -0.15) is 13.2 Å². The number of halogens is 3. The first-order valence-corrected chi connectivity index (χ1v) is 10.5. The highest BCUT2D eigenvalue weighted by Gasteiger charge is 2.38. The molecule has 0 spiro atoms. The summed E-state index contributed by atoms with van der Waals surface area (Å²) in [4.78, 5) is 30.8. The van der Waals surface area contributed by atoms with Crippen molar-refractivity contribution in [2.75, 3.05) is 17.3 Å². The number of carboxylic acid groups (broad SMARTS) is 1. The predicted molar refractivity (Wildman–Crippen MR) is 128 cm³/mol. The number of hydrogen-bond donors (Lipinski definition) is 3. The minimum Gasteiger partial charge on any atom is -0.475 e. The number of nitrogens with one attached hydrogen (secondary N) is 2. The van der Waals surface area contributed by atoms with E-state index in [1.54, 1.807) is 6.20 Å². The van der Waals surface area contributed by atoms with Crippen molar-refractivity contribution in [3.8, 4) is 0 Å². The number of aryl methyl sites for hydroxylation is 1. The lowest BCUT2D eigenvalue weighted by Crippen LogP contribution is -2.21. The first-order valence-electron chi connectivity index (χ1n) is 10.5. The number of hydrogen-bond acceptors (Lipinski definition) is 4. The molecule has 0 saturated carbocycles. The van der Waals surface area contributed by atoms with Crippen LogP contribution in [0.3, 0.4) is 0 Å². The SMILES string of the molecule is CN(c1ccc(NC(=O)CCc2c[nH]c3ccccc23)cc1)c1ccccn1.O=C(O)C(F)(F)F. The fourth-order valence-corrected chi connectivity index (χ4v) is 3.26. The van der Waals surface area contributed by atoms with Crippen LogP contribution < -0.4 is 10.2 Å². The second kappa shape index (κ2) is 11.2. The van der Waals surface area contributed by atoms with Gasteiger partial charge in [-0.25, -0.2) is 9.78 Å². The molecule has 0 unspecified atom stereocenters. The molecule has 0 aliphatic heterocycles. The zero-order chi connectivity index (χ0) is 25.4. The van der Waals surface area contributed by atoms with Crippen LogP contribution in [0.1, 0.15) is 12.0 Å². The van der Waals surface area contributed by atoms with E-state index in [0.717, 1.165) is 28.3 Å². The van der Waals surface area contributed by atoms with Gasteiger partial charge in [0.25, 0.3) is 0 Å². The number of alkyl halides is 3. The zero-order valence-electron chi connectivity index (χ0n) is 18.7. The topological polar surface area (TPSA) is 98.3 Å². The van der Waals surface area contributed by atoms with Gasteiger partial charge in [0.05, 0.1) is 0 Å². The summed E-state index contributed by atoms with van der Waals surface area (Å²) in [7, 11) is 1.97. The molecule has 0 fully saturated rings. The second-order valence-corrected chi connectivity index (χ2v) is 7.50. The van der Waals surface area contributed by atoms with Crippen LogP contribution in [0.5, 0.6) is 0 Å². The molecule has 0 saturated heterocycles. The Morgan fingerprint density at radius 2 is 1.69 bits per heavy atom. The molecular weight excluding hydrogens is 461 g/mol. The molecule has 0 aliphatic rings. The maximum absolute atomic E-state index is 12.3. The van der Waals surface area contributed by atoms with Crippen LogP contribution in [-0.4, -0.2) is 40.2 Å². The van der Waals surface area contributed by atoms with E-state index in [1.807, 2.05) is 78.8 Å². The standard InChI is InChI=1S/C23H22N4O.C2HF3O2/c1-27(22-8-4-5-15-24-22)19-12-10-18(11-13-19)26-23(28)14-9-17-16-25-21-7-3-2-6-20(17)21;3-2(4,5)1(6)7/h2-8,10-13,15-16,25H,9,14H2,1H3,(H,26,28);(H,6,7). The van der Waals surface area contributed by atoms with Crippen LogP contribution in [-0.2, 0) is 16.0 Å². The molecule has 0 bridgehead atoms. The van der Waals surface area contributed by atoms with Gasteiger partial charge in [0, 0.05) is 48.1 Å². The Morgan fingerprint density at radius 1 is 1.03 bits per heavy atom. The lowest BCUT2D eigenvalue weighted by atomic mass is 10.1. The number of carbonyl (C=O) groups is 2. The number of carboxylic acids is 1. The third-order valence-corrected chi connectivity index (χ3v) is 5.07. The molecule has 1 amide bonds. The molecule has 2 heterocycles. The van der Waals surface area contributed by atoms with Crippen LogP contribution in [0.2, 0.25) is 0 Å². The fourth-order valence-electron chi connectivity index (χ4n) is 3.26. The van der Waals surface area contributed by atoms with Crippen LogP contribution in [0.15, 0.2) is 79.1 Å². The average molecular weight is 484 g/mol. The average Bonchev–Trinajstić information content (AvgIpc) is 3.26. The molecule has 10 heteroatoms. The number of aromatic nitrogens is 2. The molecule has 4 aromatic rings. The van der Waals surface area contributed by atoms with Gasteiger partial charge in [-0.15, -0.1) is 0 Å². The van der Waals surface area contributed by atoms with Crippen molar-refractivity contribution in [1.82, 2.24) is 9.97 Å². The first-order chi connectivity index (χ1) is 16.6. The number of anilines is 3. The van der Waals surface area contributed by atoms with Gasteiger partial charge in [0.15, 0.2) is 0 Å². The van der Waals surface area contributed by atoms with Gasteiger partial charge in [-0.3, -0.25) is 4.79 Å². The van der Waals surface area contributed by atoms with E-state index in [4.69, 9.17) is 9.90 Å². The Balaban J connectivity index is 0.000000429. The Labute approximate surface area is 199 Å². The molecule has 2 aromatic heterocycles. The Bertz CT molecular complexity index is 1270. The molecule has 7 nitrogen and oxygen atoms in total. The quantitative estimate of drug-likeness (QED) is 0.334. The summed E-state index contributed by atoms with van der Waals surface area (Å²) >= 11 is 0. The highest BCUT2D eigenvalue weighted by Crippen LogP contribution is 2.23. The van der Waals surface area contributed by atoms with E-state index in [9.17, 15) is 18.0 Å². The number of rotatable bonds is 6. The largest absolute Gasteiger partial charge is 0.490 e. The Kier molecular flexibility index (Phi) is 8.08. The maximum Gasteiger partial charge on any atom is 0.490 e. The maximum atomic E-state index is 12.3. The second-order valence-electron chi connectivity index (χ2n) is 7.50.